The molecular weight excluding hydrogens is 472 g/mol. The molecule has 0 unspecified atom stereocenters. The van der Waals surface area contributed by atoms with Gasteiger partial charge in [-0.15, -0.1) is 0 Å². The minimum absolute atomic E-state index is 0.141. The Kier molecular flexibility index (Phi) is 6.92. The average molecular weight is 501 g/mol. The van der Waals surface area contributed by atoms with Crippen LogP contribution in [0.5, 0.6) is 0 Å². The summed E-state index contributed by atoms with van der Waals surface area (Å²) in [5.41, 5.74) is 5.19. The van der Waals surface area contributed by atoms with E-state index in [4.69, 9.17) is 0 Å². The van der Waals surface area contributed by atoms with E-state index in [1.165, 1.54) is 11.8 Å². The molecular formula is C27H28N6O2S. The van der Waals surface area contributed by atoms with Gasteiger partial charge in [-0.25, -0.2) is 18.4 Å². The van der Waals surface area contributed by atoms with Crippen molar-refractivity contribution in [2.75, 3.05) is 30.4 Å². The van der Waals surface area contributed by atoms with Crippen LogP contribution in [0.15, 0.2) is 79.3 Å². The molecule has 0 saturated heterocycles. The lowest BCUT2D eigenvalue weighted by Crippen LogP contribution is -2.24. The molecule has 0 fully saturated rings. The van der Waals surface area contributed by atoms with E-state index in [0.717, 1.165) is 51.8 Å². The maximum atomic E-state index is 11.3. The van der Waals surface area contributed by atoms with Gasteiger partial charge < -0.3 is 10.6 Å². The Labute approximate surface area is 210 Å². The number of aromatic nitrogens is 4. The van der Waals surface area contributed by atoms with Crippen LogP contribution in [0.25, 0.3) is 21.8 Å². The van der Waals surface area contributed by atoms with E-state index in [9.17, 15) is 8.42 Å². The summed E-state index contributed by atoms with van der Waals surface area (Å²) in [6.45, 7) is 1.87. The van der Waals surface area contributed by atoms with Crippen molar-refractivity contribution in [2.24, 2.45) is 0 Å². The van der Waals surface area contributed by atoms with Gasteiger partial charge in [0.15, 0.2) is 0 Å². The van der Waals surface area contributed by atoms with Crippen molar-refractivity contribution in [2.45, 2.75) is 13.0 Å². The number of nitrogens with one attached hydrogen (secondary N) is 2. The molecule has 0 amide bonds. The van der Waals surface area contributed by atoms with E-state index < -0.39 is 9.84 Å². The number of nitrogens with zero attached hydrogens (tertiary/aromatic N) is 4. The van der Waals surface area contributed by atoms with E-state index in [0.29, 0.717) is 13.1 Å². The van der Waals surface area contributed by atoms with Crippen LogP contribution in [0.1, 0.15) is 11.1 Å². The average Bonchev–Trinajstić information content (AvgIpc) is 3.26. The fourth-order valence-electron chi connectivity index (χ4n) is 4.16. The third-order valence-corrected chi connectivity index (χ3v) is 6.97. The molecule has 8 nitrogen and oxygen atoms in total. The molecule has 2 aromatic heterocycles. The lowest BCUT2D eigenvalue weighted by molar-refractivity contribution is 0.596. The van der Waals surface area contributed by atoms with Gasteiger partial charge >= 0.3 is 0 Å². The molecule has 3 aromatic carbocycles. The highest BCUT2D eigenvalue weighted by atomic mass is 32.2. The van der Waals surface area contributed by atoms with Gasteiger partial charge in [0, 0.05) is 29.3 Å². The van der Waals surface area contributed by atoms with Gasteiger partial charge in [-0.1, -0.05) is 36.4 Å². The van der Waals surface area contributed by atoms with Crippen LogP contribution in [0, 0.1) is 0 Å². The first-order valence-corrected chi connectivity index (χ1v) is 13.9. The van der Waals surface area contributed by atoms with Crippen LogP contribution in [-0.2, 0) is 22.8 Å². The second kappa shape index (κ2) is 10.4. The molecule has 184 valence electrons. The van der Waals surface area contributed by atoms with Gasteiger partial charge in [-0.05, 0) is 54.4 Å². The van der Waals surface area contributed by atoms with Crippen LogP contribution >= 0.6 is 0 Å². The summed E-state index contributed by atoms with van der Waals surface area (Å²) in [5, 5.41) is 13.2. The second-order valence-electron chi connectivity index (χ2n) is 8.89. The second-order valence-corrected chi connectivity index (χ2v) is 11.1. The Morgan fingerprint density at radius 3 is 2.61 bits per heavy atom. The Hall–Kier alpha value is -3.82. The third kappa shape index (κ3) is 5.87. The van der Waals surface area contributed by atoms with Crippen molar-refractivity contribution < 1.29 is 8.42 Å². The van der Waals surface area contributed by atoms with Crippen LogP contribution in [0.3, 0.4) is 0 Å². The predicted octanol–water partition coefficient (Wildman–Crippen LogP) is 3.95. The fourth-order valence-corrected chi connectivity index (χ4v) is 4.67. The minimum atomic E-state index is -2.95. The summed E-state index contributed by atoms with van der Waals surface area (Å²) in [6.07, 6.45) is 5.48. The molecule has 2 heterocycles. The summed E-state index contributed by atoms with van der Waals surface area (Å²) in [5.74, 6) is 0.880. The normalized spacial score (nSPS) is 11.8. The maximum Gasteiger partial charge on any atom is 0.148 e. The zero-order valence-electron chi connectivity index (χ0n) is 20.1. The van der Waals surface area contributed by atoms with E-state index in [1.807, 2.05) is 47.3 Å². The predicted molar refractivity (Wildman–Crippen MR) is 144 cm³/mol. The minimum Gasteiger partial charge on any atom is -0.340 e. The topological polar surface area (TPSA) is 102 Å². The van der Waals surface area contributed by atoms with Gasteiger partial charge in [0.05, 0.1) is 29.5 Å². The summed E-state index contributed by atoms with van der Waals surface area (Å²) in [7, 11) is -2.95. The number of anilines is 2. The molecule has 0 atom stereocenters. The Bertz CT molecular complexity index is 1600. The van der Waals surface area contributed by atoms with Gasteiger partial charge in [0.25, 0.3) is 0 Å². The molecule has 0 aliphatic heterocycles. The first kappa shape index (κ1) is 23.9. The van der Waals surface area contributed by atoms with Crippen molar-refractivity contribution >= 4 is 43.1 Å². The van der Waals surface area contributed by atoms with E-state index in [2.05, 4.69) is 56.0 Å². The van der Waals surface area contributed by atoms with Crippen LogP contribution in [0.4, 0.5) is 11.5 Å². The highest BCUT2D eigenvalue weighted by Gasteiger charge is 2.09. The number of rotatable bonds is 10. The molecule has 36 heavy (non-hydrogen) atoms. The number of hydrogen-bond acceptors (Lipinski definition) is 7. The van der Waals surface area contributed by atoms with Crippen LogP contribution in [0.2, 0.25) is 0 Å². The van der Waals surface area contributed by atoms with Crippen LogP contribution < -0.4 is 10.6 Å². The SMILES string of the molecule is CS(=O)(=O)CCNCCc1ccc2ncnc(Nc3ccc4c(cnn4Cc4ccccc4)c3)c2c1. The molecule has 0 bridgehead atoms. The Morgan fingerprint density at radius 2 is 1.78 bits per heavy atom. The summed E-state index contributed by atoms with van der Waals surface area (Å²) in [4.78, 5) is 8.90. The molecule has 9 heteroatoms. The molecule has 0 aliphatic carbocycles. The molecule has 5 rings (SSSR count). The van der Waals surface area contributed by atoms with Crippen molar-refractivity contribution in [1.29, 1.82) is 0 Å². The number of fused-ring (bicyclic) bond motifs is 2. The first-order chi connectivity index (χ1) is 17.4. The summed E-state index contributed by atoms with van der Waals surface area (Å²) < 4.78 is 24.6. The van der Waals surface area contributed by atoms with Crippen molar-refractivity contribution in [1.82, 2.24) is 25.1 Å². The number of hydrogen-bond donors (Lipinski definition) is 2. The van der Waals surface area contributed by atoms with Crippen LogP contribution in [-0.4, -0.2) is 53.3 Å². The fraction of sp³-hybridized carbons (Fsp3) is 0.222. The van der Waals surface area contributed by atoms with E-state index in [1.54, 1.807) is 6.33 Å². The van der Waals surface area contributed by atoms with Gasteiger partial charge in [0.1, 0.15) is 22.0 Å². The summed E-state index contributed by atoms with van der Waals surface area (Å²) >= 11 is 0. The highest BCUT2D eigenvalue weighted by molar-refractivity contribution is 7.90. The molecule has 5 aromatic rings. The van der Waals surface area contributed by atoms with E-state index in [-0.39, 0.29) is 5.75 Å². The first-order valence-electron chi connectivity index (χ1n) is 11.8. The molecule has 0 aliphatic rings. The van der Waals surface area contributed by atoms with E-state index >= 15 is 0 Å². The van der Waals surface area contributed by atoms with Crippen molar-refractivity contribution in [3.8, 4) is 0 Å². The highest BCUT2D eigenvalue weighted by Crippen LogP contribution is 2.26. The third-order valence-electron chi connectivity index (χ3n) is 6.02. The Balaban J connectivity index is 1.31. The largest absolute Gasteiger partial charge is 0.340 e. The smallest absolute Gasteiger partial charge is 0.148 e. The van der Waals surface area contributed by atoms with Crippen molar-refractivity contribution in [3.63, 3.8) is 0 Å². The Morgan fingerprint density at radius 1 is 0.917 bits per heavy atom. The quantitative estimate of drug-likeness (QED) is 0.280. The monoisotopic (exact) mass is 500 g/mol. The van der Waals surface area contributed by atoms with Gasteiger partial charge in [-0.2, -0.15) is 5.10 Å². The lowest BCUT2D eigenvalue weighted by Gasteiger charge is -2.11. The summed E-state index contributed by atoms with van der Waals surface area (Å²) in [6, 6.07) is 22.6. The molecule has 0 saturated carbocycles. The maximum absolute atomic E-state index is 11.3. The lowest BCUT2D eigenvalue weighted by atomic mass is 10.1. The molecule has 2 N–H and O–H groups in total. The zero-order chi connectivity index (χ0) is 25.0. The molecule has 0 radical (unpaired) electrons. The number of benzene rings is 3. The standard InChI is InChI=1S/C27H28N6O2S/c1-36(34,35)14-13-28-12-11-20-7-9-25-24(15-20)27(30-19-29-25)32-23-8-10-26-22(16-23)17-31-33(26)18-21-5-3-2-4-6-21/h2-10,15-17,19,28H,11-14,18H2,1H3,(H,29,30,32). The van der Waals surface area contributed by atoms with Crippen molar-refractivity contribution in [3.05, 3.63) is 90.4 Å². The van der Waals surface area contributed by atoms with Gasteiger partial charge in [0.2, 0.25) is 0 Å². The molecule has 0 spiro atoms. The number of sulfone groups is 1. The van der Waals surface area contributed by atoms with Gasteiger partial charge in [-0.3, -0.25) is 4.68 Å². The zero-order valence-corrected chi connectivity index (χ0v) is 20.9.